The number of anilines is 1. The summed E-state index contributed by atoms with van der Waals surface area (Å²) in [4.78, 5) is 3.81. The molecule has 0 radical (unpaired) electrons. The van der Waals surface area contributed by atoms with Gasteiger partial charge >= 0.3 is 0 Å². The van der Waals surface area contributed by atoms with Crippen LogP contribution in [-0.4, -0.2) is 21.7 Å². The first-order valence-electron chi connectivity index (χ1n) is 5.80. The molecule has 0 spiro atoms. The number of nitrogens with zero attached hydrogens (tertiary/aromatic N) is 2. The molecule has 0 saturated heterocycles. The molecule has 0 unspecified atom stereocenters. The molecule has 0 fully saturated rings. The Labute approximate surface area is 119 Å². The van der Waals surface area contributed by atoms with Crippen molar-refractivity contribution in [1.82, 2.24) is 10.1 Å². The standard InChI is InChI=1S/C12H12F2N4OS/c1-6-17-9(19-18-6)4-5-16-8-3-2-7(12(15)20)10(13)11(8)14/h2-3,16H,4-5H2,1H3,(H2,15,20). The second-order valence-corrected chi connectivity index (χ2v) is 4.50. The number of thiocarbonyl (C=S) groups is 1. The Balaban J connectivity index is 2.03. The van der Waals surface area contributed by atoms with E-state index in [2.05, 4.69) is 27.7 Å². The van der Waals surface area contributed by atoms with Crippen molar-refractivity contribution in [2.75, 3.05) is 11.9 Å². The summed E-state index contributed by atoms with van der Waals surface area (Å²) in [6.07, 6.45) is 0.402. The highest BCUT2D eigenvalue weighted by Gasteiger charge is 2.14. The predicted octanol–water partition coefficient (Wildman–Crippen LogP) is 1.95. The molecule has 8 heteroatoms. The van der Waals surface area contributed by atoms with Crippen LogP contribution in [0.5, 0.6) is 0 Å². The van der Waals surface area contributed by atoms with E-state index in [0.717, 1.165) is 0 Å². The molecular weight excluding hydrogens is 286 g/mol. The number of nitrogens with one attached hydrogen (secondary N) is 1. The Morgan fingerprint density at radius 3 is 2.75 bits per heavy atom. The van der Waals surface area contributed by atoms with Gasteiger partial charge in [0.2, 0.25) is 5.89 Å². The van der Waals surface area contributed by atoms with Gasteiger partial charge in [-0.3, -0.25) is 0 Å². The highest BCUT2D eigenvalue weighted by Crippen LogP contribution is 2.20. The lowest BCUT2D eigenvalue weighted by Gasteiger charge is -2.09. The van der Waals surface area contributed by atoms with Crippen molar-refractivity contribution >= 4 is 22.9 Å². The normalized spacial score (nSPS) is 10.6. The van der Waals surface area contributed by atoms with E-state index in [-0.39, 0.29) is 16.2 Å². The van der Waals surface area contributed by atoms with E-state index in [1.165, 1.54) is 12.1 Å². The minimum Gasteiger partial charge on any atom is -0.389 e. The fraction of sp³-hybridized carbons (Fsp3) is 0.250. The van der Waals surface area contributed by atoms with Gasteiger partial charge in [-0.1, -0.05) is 17.4 Å². The second kappa shape index (κ2) is 5.91. The van der Waals surface area contributed by atoms with Crippen molar-refractivity contribution in [2.45, 2.75) is 13.3 Å². The molecule has 5 nitrogen and oxygen atoms in total. The highest BCUT2D eigenvalue weighted by atomic mass is 32.1. The van der Waals surface area contributed by atoms with Crippen molar-refractivity contribution in [3.05, 3.63) is 41.0 Å². The lowest BCUT2D eigenvalue weighted by atomic mass is 10.1. The summed E-state index contributed by atoms with van der Waals surface area (Å²) in [6.45, 7) is 2.02. The Kier molecular flexibility index (Phi) is 4.23. The first kappa shape index (κ1) is 14.3. The van der Waals surface area contributed by atoms with Gasteiger partial charge in [0.25, 0.3) is 0 Å². The van der Waals surface area contributed by atoms with Crippen molar-refractivity contribution in [3.8, 4) is 0 Å². The van der Waals surface area contributed by atoms with Gasteiger partial charge in [-0.15, -0.1) is 0 Å². The topological polar surface area (TPSA) is 77.0 Å². The van der Waals surface area contributed by atoms with Crippen LogP contribution in [0.15, 0.2) is 16.7 Å². The van der Waals surface area contributed by atoms with Crippen LogP contribution in [0.25, 0.3) is 0 Å². The summed E-state index contributed by atoms with van der Waals surface area (Å²) in [5.41, 5.74) is 5.20. The second-order valence-electron chi connectivity index (χ2n) is 4.07. The average molecular weight is 298 g/mol. The molecule has 0 aliphatic rings. The van der Waals surface area contributed by atoms with Crippen molar-refractivity contribution in [3.63, 3.8) is 0 Å². The molecule has 0 atom stereocenters. The fourth-order valence-corrected chi connectivity index (χ4v) is 1.78. The Morgan fingerprint density at radius 1 is 1.40 bits per heavy atom. The number of halogens is 2. The smallest absolute Gasteiger partial charge is 0.228 e. The minimum atomic E-state index is -1.06. The average Bonchev–Trinajstić information content (AvgIpc) is 2.80. The third-order valence-electron chi connectivity index (χ3n) is 2.57. The summed E-state index contributed by atoms with van der Waals surface area (Å²) in [5, 5.41) is 6.38. The molecular formula is C12H12F2N4OS. The van der Waals surface area contributed by atoms with Gasteiger partial charge in [0.05, 0.1) is 5.69 Å². The van der Waals surface area contributed by atoms with Gasteiger partial charge < -0.3 is 15.6 Å². The maximum absolute atomic E-state index is 13.7. The third-order valence-corrected chi connectivity index (χ3v) is 2.79. The molecule has 1 aromatic heterocycles. The molecule has 20 heavy (non-hydrogen) atoms. The van der Waals surface area contributed by atoms with Gasteiger partial charge in [0.15, 0.2) is 17.5 Å². The number of aryl methyl sites for hydroxylation is 1. The molecule has 0 bridgehead atoms. The lowest BCUT2D eigenvalue weighted by Crippen LogP contribution is -2.14. The third kappa shape index (κ3) is 3.08. The molecule has 2 rings (SSSR count). The van der Waals surface area contributed by atoms with Crippen LogP contribution >= 0.6 is 12.2 Å². The maximum Gasteiger partial charge on any atom is 0.228 e. The zero-order valence-electron chi connectivity index (χ0n) is 10.6. The summed E-state index contributed by atoms with van der Waals surface area (Å²) in [7, 11) is 0. The van der Waals surface area contributed by atoms with Gasteiger partial charge in [-0.2, -0.15) is 4.98 Å². The largest absolute Gasteiger partial charge is 0.389 e. The van der Waals surface area contributed by atoms with Crippen molar-refractivity contribution < 1.29 is 13.3 Å². The number of hydrogen-bond acceptors (Lipinski definition) is 5. The number of rotatable bonds is 5. The summed E-state index contributed by atoms with van der Waals surface area (Å²) in [5.74, 6) is -1.12. The highest BCUT2D eigenvalue weighted by molar-refractivity contribution is 7.80. The van der Waals surface area contributed by atoms with E-state index in [0.29, 0.717) is 24.7 Å². The Bertz CT molecular complexity index is 644. The van der Waals surface area contributed by atoms with E-state index >= 15 is 0 Å². The van der Waals surface area contributed by atoms with Crippen LogP contribution in [0.4, 0.5) is 14.5 Å². The first-order valence-corrected chi connectivity index (χ1v) is 6.20. The zero-order valence-corrected chi connectivity index (χ0v) is 11.4. The first-order chi connectivity index (χ1) is 9.49. The van der Waals surface area contributed by atoms with Gasteiger partial charge in [-0.25, -0.2) is 8.78 Å². The molecule has 106 valence electrons. The lowest BCUT2D eigenvalue weighted by molar-refractivity contribution is 0.377. The van der Waals surface area contributed by atoms with E-state index in [1.807, 2.05) is 0 Å². The van der Waals surface area contributed by atoms with E-state index < -0.39 is 11.6 Å². The Hall–Kier alpha value is -2.09. The van der Waals surface area contributed by atoms with Crippen LogP contribution in [0.1, 0.15) is 17.3 Å². The minimum absolute atomic E-state index is 0.0266. The monoisotopic (exact) mass is 298 g/mol. The SMILES string of the molecule is Cc1noc(CCNc2ccc(C(N)=S)c(F)c2F)n1. The van der Waals surface area contributed by atoms with Gasteiger partial charge in [-0.05, 0) is 19.1 Å². The van der Waals surface area contributed by atoms with Crippen molar-refractivity contribution in [1.29, 1.82) is 0 Å². The van der Waals surface area contributed by atoms with Crippen LogP contribution in [0.2, 0.25) is 0 Å². The van der Waals surface area contributed by atoms with E-state index in [9.17, 15) is 8.78 Å². The predicted molar refractivity (Wildman–Crippen MR) is 73.5 cm³/mol. The van der Waals surface area contributed by atoms with Crippen LogP contribution in [0.3, 0.4) is 0 Å². The van der Waals surface area contributed by atoms with Gasteiger partial charge in [0.1, 0.15) is 4.99 Å². The van der Waals surface area contributed by atoms with Crippen molar-refractivity contribution in [2.24, 2.45) is 5.73 Å². The van der Waals surface area contributed by atoms with Crippen LogP contribution in [0, 0.1) is 18.6 Å². The Morgan fingerprint density at radius 2 is 2.15 bits per heavy atom. The molecule has 1 heterocycles. The molecule has 1 aromatic carbocycles. The molecule has 0 amide bonds. The summed E-state index contributed by atoms with van der Waals surface area (Å²) in [6, 6.07) is 2.71. The zero-order chi connectivity index (χ0) is 14.7. The number of benzene rings is 1. The number of nitrogens with two attached hydrogens (primary N) is 1. The van der Waals surface area contributed by atoms with E-state index in [4.69, 9.17) is 10.3 Å². The molecule has 0 saturated carbocycles. The van der Waals surface area contributed by atoms with Gasteiger partial charge in [0, 0.05) is 18.5 Å². The quantitative estimate of drug-likeness (QED) is 0.822. The molecule has 3 N–H and O–H groups in total. The summed E-state index contributed by atoms with van der Waals surface area (Å²) < 4.78 is 32.3. The number of hydrogen-bond donors (Lipinski definition) is 2. The molecule has 0 aliphatic carbocycles. The van der Waals surface area contributed by atoms with E-state index in [1.54, 1.807) is 6.92 Å². The fourth-order valence-electron chi connectivity index (χ4n) is 1.62. The number of aromatic nitrogens is 2. The molecule has 2 aromatic rings. The van der Waals surface area contributed by atoms with Crippen LogP contribution < -0.4 is 11.1 Å². The molecule has 0 aliphatic heterocycles. The summed E-state index contributed by atoms with van der Waals surface area (Å²) >= 11 is 4.63. The van der Waals surface area contributed by atoms with Crippen LogP contribution in [-0.2, 0) is 6.42 Å². The maximum atomic E-state index is 13.7.